The van der Waals surface area contributed by atoms with E-state index in [4.69, 9.17) is 0 Å². The maximum atomic E-state index is 12.5. The Morgan fingerprint density at radius 1 is 1.00 bits per heavy atom. The molecule has 1 aliphatic carbocycles. The summed E-state index contributed by atoms with van der Waals surface area (Å²) >= 11 is 0. The fourth-order valence-corrected chi connectivity index (χ4v) is 2.52. The molecule has 23 heavy (non-hydrogen) atoms. The molecule has 0 unspecified atom stereocenters. The zero-order valence-electron chi connectivity index (χ0n) is 12.5. The molecule has 1 amide bonds. The molecule has 1 N–H and O–H groups in total. The quantitative estimate of drug-likeness (QED) is 0.806. The van der Waals surface area contributed by atoms with Crippen LogP contribution in [0.3, 0.4) is 0 Å². The third-order valence-electron chi connectivity index (χ3n) is 3.85. The number of para-hydroxylation sites is 1. The first-order chi connectivity index (χ1) is 11.3. The number of hydrogen-bond acceptors (Lipinski definition) is 3. The van der Waals surface area contributed by atoms with E-state index in [-0.39, 0.29) is 11.9 Å². The monoisotopic (exact) mass is 304 g/mol. The number of nitrogens with one attached hydrogen (secondary N) is 1. The van der Waals surface area contributed by atoms with E-state index in [1.807, 2.05) is 60.7 Å². The maximum Gasteiger partial charge on any atom is 0.274 e. The van der Waals surface area contributed by atoms with Crippen molar-refractivity contribution in [1.29, 1.82) is 0 Å². The average molecular weight is 304 g/mol. The molecule has 3 aromatic rings. The summed E-state index contributed by atoms with van der Waals surface area (Å²) in [6.45, 7) is 0. The smallest absolute Gasteiger partial charge is 0.274 e. The van der Waals surface area contributed by atoms with Crippen LogP contribution in [0, 0.1) is 0 Å². The van der Waals surface area contributed by atoms with E-state index in [0.29, 0.717) is 5.69 Å². The van der Waals surface area contributed by atoms with E-state index in [9.17, 15) is 4.79 Å². The molecular weight excluding hydrogens is 288 g/mol. The summed E-state index contributed by atoms with van der Waals surface area (Å²) in [6.07, 6.45) is 2.08. The van der Waals surface area contributed by atoms with E-state index in [0.717, 1.165) is 29.8 Å². The summed E-state index contributed by atoms with van der Waals surface area (Å²) in [7, 11) is 0. The number of aromatic nitrogens is 3. The predicted molar refractivity (Wildman–Crippen MR) is 87.3 cm³/mol. The van der Waals surface area contributed by atoms with Gasteiger partial charge < -0.3 is 5.32 Å². The van der Waals surface area contributed by atoms with Crippen molar-refractivity contribution < 1.29 is 4.79 Å². The van der Waals surface area contributed by atoms with Crippen LogP contribution in [-0.4, -0.2) is 26.9 Å². The summed E-state index contributed by atoms with van der Waals surface area (Å²) < 4.78 is 1.72. The summed E-state index contributed by atoms with van der Waals surface area (Å²) in [4.78, 5) is 12.5. The number of carbonyl (C=O) groups is 1. The largest absolute Gasteiger partial charge is 0.348 e. The Bertz CT molecular complexity index is 823. The average Bonchev–Trinajstić information content (AvgIpc) is 3.30. The van der Waals surface area contributed by atoms with Crippen molar-refractivity contribution in [3.63, 3.8) is 0 Å². The van der Waals surface area contributed by atoms with Crippen molar-refractivity contribution in [2.45, 2.75) is 18.9 Å². The second-order valence-corrected chi connectivity index (χ2v) is 5.65. The van der Waals surface area contributed by atoms with Gasteiger partial charge in [0.2, 0.25) is 0 Å². The molecular formula is C18H16N4O. The van der Waals surface area contributed by atoms with Gasteiger partial charge in [-0.1, -0.05) is 53.7 Å². The number of nitrogens with zero attached hydrogens (tertiary/aromatic N) is 3. The molecule has 1 aliphatic rings. The van der Waals surface area contributed by atoms with E-state index < -0.39 is 0 Å². The fraction of sp³-hybridized carbons (Fsp3) is 0.167. The van der Waals surface area contributed by atoms with Gasteiger partial charge in [-0.05, 0) is 25.0 Å². The molecule has 0 saturated heterocycles. The summed E-state index contributed by atoms with van der Waals surface area (Å²) in [6, 6.07) is 19.8. The molecule has 114 valence electrons. The van der Waals surface area contributed by atoms with Crippen LogP contribution in [0.4, 0.5) is 0 Å². The standard InChI is InChI=1S/C18H16N4O/c23-18(19-14-11-12-14)16-17(13-7-3-1-4-8-13)22(21-20-16)15-9-5-2-6-10-15/h1-10,14H,11-12H2,(H,19,23). The minimum absolute atomic E-state index is 0.159. The molecule has 2 aromatic carbocycles. The van der Waals surface area contributed by atoms with Crippen molar-refractivity contribution in [1.82, 2.24) is 20.3 Å². The summed E-state index contributed by atoms with van der Waals surface area (Å²) in [5, 5.41) is 11.4. The third kappa shape index (κ3) is 2.73. The van der Waals surface area contributed by atoms with Gasteiger partial charge in [0.25, 0.3) is 5.91 Å². The Kier molecular flexibility index (Phi) is 3.38. The lowest BCUT2D eigenvalue weighted by Gasteiger charge is -2.08. The normalized spacial score (nSPS) is 13.7. The lowest BCUT2D eigenvalue weighted by molar-refractivity contribution is 0.0946. The molecule has 1 heterocycles. The van der Waals surface area contributed by atoms with E-state index in [2.05, 4.69) is 15.6 Å². The molecule has 5 nitrogen and oxygen atoms in total. The zero-order valence-corrected chi connectivity index (χ0v) is 12.5. The van der Waals surface area contributed by atoms with E-state index in [1.165, 1.54) is 0 Å². The molecule has 5 heteroatoms. The van der Waals surface area contributed by atoms with Gasteiger partial charge >= 0.3 is 0 Å². The lowest BCUT2D eigenvalue weighted by atomic mass is 10.1. The van der Waals surface area contributed by atoms with Crippen LogP contribution in [0.2, 0.25) is 0 Å². The van der Waals surface area contributed by atoms with Gasteiger partial charge in [-0.3, -0.25) is 4.79 Å². The molecule has 4 rings (SSSR count). The van der Waals surface area contributed by atoms with Crippen LogP contribution in [0.5, 0.6) is 0 Å². The highest BCUT2D eigenvalue weighted by Gasteiger charge is 2.28. The van der Waals surface area contributed by atoms with E-state index in [1.54, 1.807) is 4.68 Å². The molecule has 0 atom stereocenters. The molecule has 0 bridgehead atoms. The first-order valence-electron chi connectivity index (χ1n) is 7.70. The van der Waals surface area contributed by atoms with Gasteiger partial charge in [-0.15, -0.1) is 5.10 Å². The minimum atomic E-state index is -0.159. The number of hydrogen-bond donors (Lipinski definition) is 1. The van der Waals surface area contributed by atoms with Gasteiger partial charge in [0, 0.05) is 11.6 Å². The SMILES string of the molecule is O=C(NC1CC1)c1nnn(-c2ccccc2)c1-c1ccccc1. The Hall–Kier alpha value is -2.95. The van der Waals surface area contributed by atoms with Gasteiger partial charge in [-0.25, -0.2) is 4.68 Å². The van der Waals surface area contributed by atoms with Crippen molar-refractivity contribution in [3.8, 4) is 16.9 Å². The van der Waals surface area contributed by atoms with E-state index >= 15 is 0 Å². The third-order valence-corrected chi connectivity index (χ3v) is 3.85. The van der Waals surface area contributed by atoms with Crippen LogP contribution < -0.4 is 5.32 Å². The van der Waals surface area contributed by atoms with Crippen molar-refractivity contribution in [2.75, 3.05) is 0 Å². The van der Waals surface area contributed by atoms with Crippen molar-refractivity contribution >= 4 is 5.91 Å². The van der Waals surface area contributed by atoms with Crippen molar-refractivity contribution in [2.24, 2.45) is 0 Å². The topological polar surface area (TPSA) is 59.8 Å². The predicted octanol–water partition coefficient (Wildman–Crippen LogP) is 2.83. The Labute approximate surface area is 134 Å². The highest BCUT2D eigenvalue weighted by Crippen LogP contribution is 2.26. The van der Waals surface area contributed by atoms with Gasteiger partial charge in [0.15, 0.2) is 5.69 Å². The number of rotatable bonds is 4. The second-order valence-electron chi connectivity index (χ2n) is 5.65. The van der Waals surface area contributed by atoms with Crippen LogP contribution >= 0.6 is 0 Å². The van der Waals surface area contributed by atoms with Gasteiger partial charge in [0.1, 0.15) is 5.69 Å². The highest BCUT2D eigenvalue weighted by atomic mass is 16.2. The van der Waals surface area contributed by atoms with Crippen molar-refractivity contribution in [3.05, 3.63) is 66.4 Å². The Morgan fingerprint density at radius 3 is 2.30 bits per heavy atom. The summed E-state index contributed by atoms with van der Waals surface area (Å²) in [5.74, 6) is -0.159. The summed E-state index contributed by atoms with van der Waals surface area (Å²) in [5.41, 5.74) is 2.88. The van der Waals surface area contributed by atoms with Crippen LogP contribution in [0.1, 0.15) is 23.3 Å². The maximum absolute atomic E-state index is 12.5. The molecule has 1 fully saturated rings. The zero-order chi connectivity index (χ0) is 15.6. The highest BCUT2D eigenvalue weighted by molar-refractivity contribution is 5.98. The molecule has 1 aromatic heterocycles. The van der Waals surface area contributed by atoms with Gasteiger partial charge in [0.05, 0.1) is 5.69 Å². The number of carbonyl (C=O) groups excluding carboxylic acids is 1. The number of benzene rings is 2. The van der Waals surface area contributed by atoms with Crippen LogP contribution in [0.25, 0.3) is 16.9 Å². The Balaban J connectivity index is 1.83. The van der Waals surface area contributed by atoms with Crippen LogP contribution in [-0.2, 0) is 0 Å². The fourth-order valence-electron chi connectivity index (χ4n) is 2.52. The number of amides is 1. The molecule has 0 aliphatic heterocycles. The second kappa shape index (κ2) is 5.68. The first kappa shape index (κ1) is 13.7. The first-order valence-corrected chi connectivity index (χ1v) is 7.70. The lowest BCUT2D eigenvalue weighted by Crippen LogP contribution is -2.26. The van der Waals surface area contributed by atoms with Gasteiger partial charge in [-0.2, -0.15) is 0 Å². The molecule has 1 saturated carbocycles. The molecule has 0 spiro atoms. The van der Waals surface area contributed by atoms with Crippen LogP contribution in [0.15, 0.2) is 60.7 Å². The minimum Gasteiger partial charge on any atom is -0.348 e. The Morgan fingerprint density at radius 2 is 1.65 bits per heavy atom. The molecule has 0 radical (unpaired) electrons.